The van der Waals surface area contributed by atoms with E-state index in [-0.39, 0.29) is 5.04 Å². The maximum absolute atomic E-state index is 11.7. The summed E-state index contributed by atoms with van der Waals surface area (Å²) in [5, 5.41) is 9.78. The molecule has 0 aliphatic carbocycles. The van der Waals surface area contributed by atoms with Crippen molar-refractivity contribution in [1.82, 2.24) is 0 Å². The van der Waals surface area contributed by atoms with Gasteiger partial charge in [-0.25, -0.2) is 4.79 Å². The lowest BCUT2D eigenvalue weighted by Crippen LogP contribution is -2.42. The van der Waals surface area contributed by atoms with E-state index in [0.717, 1.165) is 53.6 Å². The second-order valence-electron chi connectivity index (χ2n) is 8.63. The summed E-state index contributed by atoms with van der Waals surface area (Å²) < 4.78 is 7.30. The zero-order valence-corrected chi connectivity index (χ0v) is 19.5. The van der Waals surface area contributed by atoms with Crippen LogP contribution in [0.4, 0.5) is 5.69 Å². The molecule has 0 unspecified atom stereocenters. The summed E-state index contributed by atoms with van der Waals surface area (Å²) in [5.74, 6) is -0.836. The van der Waals surface area contributed by atoms with Gasteiger partial charge in [0.25, 0.3) is 0 Å². The van der Waals surface area contributed by atoms with Crippen LogP contribution in [0.15, 0.2) is 10.5 Å². The molecule has 6 heteroatoms. The Kier molecular flexibility index (Phi) is 6.62. The second kappa shape index (κ2) is 8.03. The number of aromatic carboxylic acids is 1. The van der Waals surface area contributed by atoms with Crippen LogP contribution in [0.5, 0.6) is 0 Å². The minimum absolute atomic E-state index is 0.210. The SMILES string of the molecule is CCCc1c(C(=O)O)cc2c(c1Br)N(CCO[Si](C)(C)C(C)(C)C)CC2. The molecule has 0 fully saturated rings. The van der Waals surface area contributed by atoms with Crippen molar-refractivity contribution in [2.75, 3.05) is 24.6 Å². The molecule has 2 rings (SSSR count). The van der Waals surface area contributed by atoms with Gasteiger partial charge in [0.2, 0.25) is 0 Å². The van der Waals surface area contributed by atoms with Gasteiger partial charge in [0.05, 0.1) is 17.9 Å². The molecule has 1 aliphatic rings. The molecule has 1 aromatic rings. The topological polar surface area (TPSA) is 49.8 Å². The van der Waals surface area contributed by atoms with Gasteiger partial charge in [0.15, 0.2) is 8.32 Å². The standard InChI is InChI=1S/C20H32BrNO3Si/c1-7-8-15-16(19(23)24)13-14-9-10-22(18(14)17(15)21)11-12-25-26(5,6)20(2,3)4/h13H,7-12H2,1-6H3,(H,23,24). The van der Waals surface area contributed by atoms with Crippen LogP contribution in [0.2, 0.25) is 18.1 Å². The van der Waals surface area contributed by atoms with Crippen LogP contribution in [-0.2, 0) is 17.3 Å². The fraction of sp³-hybridized carbons (Fsp3) is 0.650. The van der Waals surface area contributed by atoms with E-state index in [1.54, 1.807) is 0 Å². The van der Waals surface area contributed by atoms with Crippen molar-refractivity contribution in [3.63, 3.8) is 0 Å². The maximum atomic E-state index is 11.7. The fourth-order valence-electron chi connectivity index (χ4n) is 3.17. The third-order valence-electron chi connectivity index (χ3n) is 5.75. The van der Waals surface area contributed by atoms with E-state index in [4.69, 9.17) is 4.43 Å². The first kappa shape index (κ1) is 21.4. The highest BCUT2D eigenvalue weighted by atomic mass is 79.9. The Hall–Kier alpha value is -0.853. The first-order chi connectivity index (χ1) is 12.0. The highest BCUT2D eigenvalue weighted by molar-refractivity contribution is 9.10. The molecular weight excluding hydrogens is 410 g/mol. The van der Waals surface area contributed by atoms with Crippen molar-refractivity contribution < 1.29 is 14.3 Å². The smallest absolute Gasteiger partial charge is 0.336 e. The summed E-state index contributed by atoms with van der Waals surface area (Å²) in [4.78, 5) is 14.0. The van der Waals surface area contributed by atoms with Gasteiger partial charge < -0.3 is 14.4 Å². The molecule has 1 N–H and O–H groups in total. The van der Waals surface area contributed by atoms with Crippen molar-refractivity contribution >= 4 is 35.9 Å². The maximum Gasteiger partial charge on any atom is 0.336 e. The number of halogens is 1. The molecule has 1 heterocycles. The Morgan fingerprint density at radius 2 is 2.04 bits per heavy atom. The number of carbonyl (C=O) groups is 1. The Morgan fingerprint density at radius 3 is 2.58 bits per heavy atom. The molecule has 0 saturated carbocycles. The Bertz CT molecular complexity index is 683. The van der Waals surface area contributed by atoms with Crippen LogP contribution < -0.4 is 4.90 Å². The van der Waals surface area contributed by atoms with E-state index in [1.807, 2.05) is 6.07 Å². The van der Waals surface area contributed by atoms with E-state index >= 15 is 0 Å². The minimum atomic E-state index is -1.75. The molecule has 26 heavy (non-hydrogen) atoms. The van der Waals surface area contributed by atoms with E-state index in [9.17, 15) is 9.90 Å². The van der Waals surface area contributed by atoms with Gasteiger partial charge in [-0.3, -0.25) is 0 Å². The number of carboxylic acid groups (broad SMARTS) is 1. The van der Waals surface area contributed by atoms with Gasteiger partial charge in [-0.15, -0.1) is 0 Å². The zero-order chi connectivity index (χ0) is 19.7. The minimum Gasteiger partial charge on any atom is -0.478 e. The number of nitrogens with zero attached hydrogens (tertiary/aromatic N) is 1. The molecule has 0 amide bonds. The Morgan fingerprint density at radius 1 is 1.38 bits per heavy atom. The van der Waals surface area contributed by atoms with E-state index in [2.05, 4.69) is 61.6 Å². The Labute approximate surface area is 167 Å². The molecule has 146 valence electrons. The lowest BCUT2D eigenvalue weighted by molar-refractivity contribution is 0.0695. The average molecular weight is 442 g/mol. The first-order valence-corrected chi connectivity index (χ1v) is 13.2. The van der Waals surface area contributed by atoms with Crippen molar-refractivity contribution in [2.24, 2.45) is 0 Å². The number of fused-ring (bicyclic) bond motifs is 1. The lowest BCUT2D eigenvalue weighted by Gasteiger charge is -2.36. The van der Waals surface area contributed by atoms with Crippen LogP contribution in [0.1, 0.15) is 55.6 Å². The van der Waals surface area contributed by atoms with Gasteiger partial charge in [-0.05, 0) is 64.1 Å². The second-order valence-corrected chi connectivity index (χ2v) is 14.2. The van der Waals surface area contributed by atoms with Crippen molar-refractivity contribution in [2.45, 2.75) is 65.1 Å². The average Bonchev–Trinajstić information content (AvgIpc) is 2.92. The number of carboxylic acids is 1. The van der Waals surface area contributed by atoms with Gasteiger partial charge in [0.1, 0.15) is 0 Å². The predicted molar refractivity (Wildman–Crippen MR) is 114 cm³/mol. The molecule has 0 aromatic heterocycles. The van der Waals surface area contributed by atoms with Crippen molar-refractivity contribution in [1.29, 1.82) is 0 Å². The number of hydrogen-bond donors (Lipinski definition) is 1. The van der Waals surface area contributed by atoms with Gasteiger partial charge in [-0.2, -0.15) is 0 Å². The summed E-state index contributed by atoms with van der Waals surface area (Å²) in [6, 6.07) is 1.88. The summed E-state index contributed by atoms with van der Waals surface area (Å²) in [7, 11) is -1.75. The fourth-order valence-corrected chi connectivity index (χ4v) is 5.12. The molecule has 1 aromatic carbocycles. The quantitative estimate of drug-likeness (QED) is 0.568. The summed E-state index contributed by atoms with van der Waals surface area (Å²) in [5.41, 5.74) is 3.64. The summed E-state index contributed by atoms with van der Waals surface area (Å²) >= 11 is 3.72. The van der Waals surface area contributed by atoms with Gasteiger partial charge >= 0.3 is 5.97 Å². The lowest BCUT2D eigenvalue weighted by atomic mass is 9.98. The largest absolute Gasteiger partial charge is 0.478 e. The van der Waals surface area contributed by atoms with Crippen LogP contribution >= 0.6 is 15.9 Å². The molecule has 0 saturated heterocycles. The molecule has 0 spiro atoms. The highest BCUT2D eigenvalue weighted by Gasteiger charge is 2.37. The highest BCUT2D eigenvalue weighted by Crippen LogP contribution is 2.41. The number of hydrogen-bond acceptors (Lipinski definition) is 3. The van der Waals surface area contributed by atoms with Crippen molar-refractivity contribution in [3.8, 4) is 0 Å². The molecular formula is C20H32BrNO3Si. The molecule has 0 bridgehead atoms. The van der Waals surface area contributed by atoms with Crippen LogP contribution in [0.3, 0.4) is 0 Å². The third kappa shape index (κ3) is 4.34. The third-order valence-corrected chi connectivity index (χ3v) is 11.1. The van der Waals surface area contributed by atoms with E-state index < -0.39 is 14.3 Å². The van der Waals surface area contributed by atoms with Gasteiger partial charge in [0, 0.05) is 17.6 Å². The number of benzene rings is 1. The molecule has 0 radical (unpaired) electrons. The Balaban J connectivity index is 2.21. The molecule has 4 nitrogen and oxygen atoms in total. The summed E-state index contributed by atoms with van der Waals surface area (Å²) in [6.07, 6.45) is 2.58. The van der Waals surface area contributed by atoms with E-state index in [1.165, 1.54) is 0 Å². The normalized spacial score (nSPS) is 14.7. The van der Waals surface area contributed by atoms with Crippen molar-refractivity contribution in [3.05, 3.63) is 27.2 Å². The number of rotatable bonds is 7. The van der Waals surface area contributed by atoms with Crippen LogP contribution in [0, 0.1) is 0 Å². The van der Waals surface area contributed by atoms with E-state index in [0.29, 0.717) is 12.2 Å². The summed E-state index contributed by atoms with van der Waals surface area (Å²) in [6.45, 7) is 15.9. The van der Waals surface area contributed by atoms with Crippen LogP contribution in [-0.4, -0.2) is 39.1 Å². The first-order valence-electron chi connectivity index (χ1n) is 9.46. The van der Waals surface area contributed by atoms with Crippen LogP contribution in [0.25, 0.3) is 0 Å². The van der Waals surface area contributed by atoms with Gasteiger partial charge in [-0.1, -0.05) is 34.1 Å². The molecule has 1 aliphatic heterocycles. The number of anilines is 1. The molecule has 0 atom stereocenters. The monoisotopic (exact) mass is 441 g/mol. The zero-order valence-electron chi connectivity index (χ0n) is 16.9. The predicted octanol–water partition coefficient (Wildman–Crippen LogP) is 5.48.